The van der Waals surface area contributed by atoms with E-state index in [1.807, 2.05) is 13.0 Å². The van der Waals surface area contributed by atoms with Crippen LogP contribution in [0.3, 0.4) is 0 Å². The lowest BCUT2D eigenvalue weighted by molar-refractivity contribution is -0.144. The first-order valence-electron chi connectivity index (χ1n) is 6.64. The van der Waals surface area contributed by atoms with Crippen LogP contribution in [0.4, 0.5) is 0 Å². The molecule has 0 amide bonds. The summed E-state index contributed by atoms with van der Waals surface area (Å²) in [5, 5.41) is 6.32. The number of methoxy groups -OCH3 is 1. The third-order valence-corrected chi connectivity index (χ3v) is 2.95. The van der Waals surface area contributed by atoms with E-state index in [1.165, 1.54) is 18.2 Å². The van der Waals surface area contributed by atoms with Crippen molar-refractivity contribution in [3.63, 3.8) is 0 Å². The van der Waals surface area contributed by atoms with Gasteiger partial charge in [0.15, 0.2) is 5.96 Å². The van der Waals surface area contributed by atoms with Crippen LogP contribution in [0.2, 0.25) is 0 Å². The number of hydrogen-bond acceptors (Lipinski definition) is 3. The van der Waals surface area contributed by atoms with Crippen LogP contribution in [-0.2, 0) is 16.1 Å². The number of aliphatic imine (C=N–C) groups is 1. The smallest absolute Gasteiger partial charge is 0.310 e. The summed E-state index contributed by atoms with van der Waals surface area (Å²) in [7, 11) is 3.10. The van der Waals surface area contributed by atoms with Gasteiger partial charge in [0, 0.05) is 20.1 Å². The first-order chi connectivity index (χ1) is 9.56. The molecule has 2 N–H and O–H groups in total. The van der Waals surface area contributed by atoms with Gasteiger partial charge in [-0.25, -0.2) is 0 Å². The Balaban J connectivity index is 2.43. The molecule has 1 atom stereocenters. The molecule has 0 fully saturated rings. The number of benzene rings is 1. The third-order valence-electron chi connectivity index (χ3n) is 2.95. The number of aryl methyl sites for hydroxylation is 1. The fourth-order valence-corrected chi connectivity index (χ4v) is 1.76. The summed E-state index contributed by atoms with van der Waals surface area (Å²) in [5.41, 5.74) is 2.42. The largest absolute Gasteiger partial charge is 0.469 e. The molecule has 0 aliphatic heterocycles. The van der Waals surface area contributed by atoms with E-state index in [9.17, 15) is 4.79 Å². The number of esters is 1. The monoisotopic (exact) mass is 277 g/mol. The molecule has 20 heavy (non-hydrogen) atoms. The molecule has 0 spiro atoms. The molecule has 1 rings (SSSR count). The Morgan fingerprint density at radius 2 is 2.15 bits per heavy atom. The topological polar surface area (TPSA) is 62.7 Å². The molecule has 0 aromatic heterocycles. The maximum absolute atomic E-state index is 11.3. The molecule has 1 aromatic rings. The van der Waals surface area contributed by atoms with Crippen molar-refractivity contribution < 1.29 is 9.53 Å². The maximum atomic E-state index is 11.3. The average Bonchev–Trinajstić information content (AvgIpc) is 2.46. The van der Waals surface area contributed by atoms with Crippen molar-refractivity contribution in [3.05, 3.63) is 35.4 Å². The predicted octanol–water partition coefficient (Wildman–Crippen LogP) is 1.47. The molecule has 1 aromatic carbocycles. The van der Waals surface area contributed by atoms with Crippen molar-refractivity contribution in [2.24, 2.45) is 10.9 Å². The van der Waals surface area contributed by atoms with Crippen LogP contribution in [0.1, 0.15) is 18.1 Å². The molecule has 5 nitrogen and oxygen atoms in total. The summed E-state index contributed by atoms with van der Waals surface area (Å²) in [6.45, 7) is 5.05. The predicted molar refractivity (Wildman–Crippen MR) is 80.6 cm³/mol. The first-order valence-corrected chi connectivity index (χ1v) is 6.64. The Bertz CT molecular complexity index is 472. The van der Waals surface area contributed by atoms with Gasteiger partial charge in [0.25, 0.3) is 0 Å². The summed E-state index contributed by atoms with van der Waals surface area (Å²) in [6.07, 6.45) is 0. The van der Waals surface area contributed by atoms with Gasteiger partial charge in [0.1, 0.15) is 0 Å². The Labute approximate surface area is 120 Å². The van der Waals surface area contributed by atoms with Crippen molar-refractivity contribution in [3.8, 4) is 0 Å². The van der Waals surface area contributed by atoms with Crippen LogP contribution in [0, 0.1) is 12.8 Å². The van der Waals surface area contributed by atoms with Crippen molar-refractivity contribution in [1.82, 2.24) is 10.6 Å². The van der Waals surface area contributed by atoms with E-state index >= 15 is 0 Å². The second-order valence-corrected chi connectivity index (χ2v) is 4.72. The van der Waals surface area contributed by atoms with E-state index in [0.29, 0.717) is 19.0 Å². The molecular weight excluding hydrogens is 254 g/mol. The summed E-state index contributed by atoms with van der Waals surface area (Å²) < 4.78 is 4.68. The highest BCUT2D eigenvalue weighted by Crippen LogP contribution is 2.03. The van der Waals surface area contributed by atoms with Gasteiger partial charge in [-0.3, -0.25) is 9.79 Å². The van der Waals surface area contributed by atoms with E-state index < -0.39 is 0 Å². The van der Waals surface area contributed by atoms with Crippen molar-refractivity contribution in [1.29, 1.82) is 0 Å². The number of hydrogen-bond donors (Lipinski definition) is 2. The van der Waals surface area contributed by atoms with Gasteiger partial charge in [-0.1, -0.05) is 36.8 Å². The zero-order valence-corrected chi connectivity index (χ0v) is 12.6. The zero-order chi connectivity index (χ0) is 15.0. The Kier molecular flexibility index (Phi) is 6.56. The molecule has 0 radical (unpaired) electrons. The van der Waals surface area contributed by atoms with E-state index in [2.05, 4.69) is 45.5 Å². The van der Waals surface area contributed by atoms with Crippen molar-refractivity contribution in [2.75, 3.05) is 20.7 Å². The van der Waals surface area contributed by atoms with Crippen LogP contribution in [-0.4, -0.2) is 32.6 Å². The number of guanidine groups is 1. The Morgan fingerprint density at radius 1 is 1.40 bits per heavy atom. The van der Waals surface area contributed by atoms with Crippen LogP contribution in [0.25, 0.3) is 0 Å². The molecule has 1 unspecified atom stereocenters. The van der Waals surface area contributed by atoms with E-state index in [-0.39, 0.29) is 11.9 Å². The molecule has 110 valence electrons. The number of nitrogens with one attached hydrogen (secondary N) is 2. The highest BCUT2D eigenvalue weighted by molar-refractivity contribution is 5.80. The fraction of sp³-hybridized carbons (Fsp3) is 0.467. The van der Waals surface area contributed by atoms with E-state index in [4.69, 9.17) is 0 Å². The Morgan fingerprint density at radius 3 is 2.75 bits per heavy atom. The van der Waals surface area contributed by atoms with Gasteiger partial charge in [0.2, 0.25) is 0 Å². The second-order valence-electron chi connectivity index (χ2n) is 4.72. The SMILES string of the molecule is CN=C(NCc1cccc(C)c1)NCC(C)C(=O)OC. The van der Waals surface area contributed by atoms with Crippen LogP contribution < -0.4 is 10.6 Å². The van der Waals surface area contributed by atoms with Crippen molar-refractivity contribution in [2.45, 2.75) is 20.4 Å². The van der Waals surface area contributed by atoms with Crippen molar-refractivity contribution >= 4 is 11.9 Å². The summed E-state index contributed by atoms with van der Waals surface area (Å²) in [5.74, 6) is 0.228. The van der Waals surface area contributed by atoms with Crippen LogP contribution in [0.15, 0.2) is 29.3 Å². The Hall–Kier alpha value is -2.04. The quantitative estimate of drug-likeness (QED) is 0.486. The number of nitrogens with zero attached hydrogens (tertiary/aromatic N) is 1. The number of carbonyl (C=O) groups excluding carboxylic acids is 1. The second kappa shape index (κ2) is 8.19. The third kappa shape index (κ3) is 5.30. The van der Waals surface area contributed by atoms with Crippen LogP contribution >= 0.6 is 0 Å². The molecule has 0 saturated heterocycles. The molecule has 0 aliphatic carbocycles. The van der Waals surface area contributed by atoms with E-state index in [0.717, 1.165) is 0 Å². The lowest BCUT2D eigenvalue weighted by Crippen LogP contribution is -2.40. The summed E-state index contributed by atoms with van der Waals surface area (Å²) in [4.78, 5) is 15.4. The number of carbonyl (C=O) groups is 1. The molecule has 0 heterocycles. The minimum absolute atomic E-state index is 0.211. The zero-order valence-electron chi connectivity index (χ0n) is 12.6. The number of rotatable bonds is 5. The normalized spacial score (nSPS) is 12.7. The highest BCUT2D eigenvalue weighted by atomic mass is 16.5. The van der Waals surface area contributed by atoms with Gasteiger partial charge >= 0.3 is 5.97 Å². The van der Waals surface area contributed by atoms with Gasteiger partial charge < -0.3 is 15.4 Å². The molecule has 0 aliphatic rings. The molecule has 0 bridgehead atoms. The van der Waals surface area contributed by atoms with Gasteiger partial charge in [-0.15, -0.1) is 0 Å². The molecule has 0 saturated carbocycles. The summed E-state index contributed by atoms with van der Waals surface area (Å²) in [6, 6.07) is 8.28. The molecular formula is C15H23N3O2. The van der Waals surface area contributed by atoms with Gasteiger partial charge in [-0.05, 0) is 12.5 Å². The first kappa shape index (κ1) is 16.0. The summed E-state index contributed by atoms with van der Waals surface area (Å²) >= 11 is 0. The molecule has 5 heteroatoms. The maximum Gasteiger partial charge on any atom is 0.310 e. The highest BCUT2D eigenvalue weighted by Gasteiger charge is 2.13. The average molecular weight is 277 g/mol. The van der Waals surface area contributed by atoms with Crippen LogP contribution in [0.5, 0.6) is 0 Å². The lowest BCUT2D eigenvalue weighted by Gasteiger charge is -2.14. The van der Waals surface area contributed by atoms with E-state index in [1.54, 1.807) is 7.05 Å². The van der Waals surface area contributed by atoms with Gasteiger partial charge in [-0.2, -0.15) is 0 Å². The van der Waals surface area contributed by atoms with Gasteiger partial charge in [0.05, 0.1) is 13.0 Å². The minimum atomic E-state index is -0.230. The number of ether oxygens (including phenoxy) is 1. The lowest BCUT2D eigenvalue weighted by atomic mass is 10.1. The fourth-order valence-electron chi connectivity index (χ4n) is 1.76. The minimum Gasteiger partial charge on any atom is -0.469 e. The standard InChI is InChI=1S/C15H23N3O2/c1-11-6-5-7-13(8-11)10-18-15(16-3)17-9-12(2)14(19)20-4/h5-8,12H,9-10H2,1-4H3,(H2,16,17,18).